The van der Waals surface area contributed by atoms with Crippen LogP contribution in [0.4, 0.5) is 0 Å². The van der Waals surface area contributed by atoms with Gasteiger partial charge in [-0.2, -0.15) is 0 Å². The molecule has 1 aromatic carbocycles. The number of carbonyl (C=O) groups excluding carboxylic acids is 1. The normalized spacial score (nSPS) is 12.3. The fourth-order valence-electron chi connectivity index (χ4n) is 1.55. The van der Waals surface area contributed by atoms with Crippen molar-refractivity contribution in [1.82, 2.24) is 5.32 Å². The number of hydrogen-bond acceptors (Lipinski definition) is 2. The Bertz CT molecular complexity index is 471. The monoisotopic (exact) mass is 313 g/mol. The highest BCUT2D eigenvalue weighted by atomic mass is 79.9. The van der Waals surface area contributed by atoms with Crippen molar-refractivity contribution in [2.24, 2.45) is 5.92 Å². The summed E-state index contributed by atoms with van der Waals surface area (Å²) in [5.41, 5.74) is 1.39. The van der Waals surface area contributed by atoms with Gasteiger partial charge >= 0.3 is 5.97 Å². The smallest absolute Gasteiger partial charge is 0.326 e. The van der Waals surface area contributed by atoms with Gasteiger partial charge in [-0.3, -0.25) is 4.79 Å². The molecule has 1 rings (SSSR count). The average molecular weight is 314 g/mol. The zero-order chi connectivity index (χ0) is 13.9. The fraction of sp³-hybridized carbons (Fsp3) is 0.385. The molecule has 0 aromatic heterocycles. The molecular formula is C13H16BrNO3. The van der Waals surface area contributed by atoms with Gasteiger partial charge in [0.15, 0.2) is 0 Å². The highest BCUT2D eigenvalue weighted by Gasteiger charge is 2.24. The Kier molecular flexibility index (Phi) is 4.90. The minimum absolute atomic E-state index is 0.171. The number of aliphatic carboxylic acids is 1. The van der Waals surface area contributed by atoms with Gasteiger partial charge in [-0.05, 0) is 40.9 Å². The number of nitrogens with one attached hydrogen (secondary N) is 1. The highest BCUT2D eigenvalue weighted by molar-refractivity contribution is 9.10. The quantitative estimate of drug-likeness (QED) is 0.898. The van der Waals surface area contributed by atoms with Crippen molar-refractivity contribution in [2.75, 3.05) is 0 Å². The van der Waals surface area contributed by atoms with E-state index in [2.05, 4.69) is 21.2 Å². The van der Waals surface area contributed by atoms with Crippen LogP contribution in [0.25, 0.3) is 0 Å². The van der Waals surface area contributed by atoms with Gasteiger partial charge in [0.25, 0.3) is 5.91 Å². The lowest BCUT2D eigenvalue weighted by atomic mass is 10.0. The van der Waals surface area contributed by atoms with Crippen molar-refractivity contribution in [3.05, 3.63) is 33.8 Å². The van der Waals surface area contributed by atoms with Gasteiger partial charge in [0.05, 0.1) is 5.56 Å². The molecule has 0 aliphatic rings. The lowest BCUT2D eigenvalue weighted by Gasteiger charge is -2.18. The third-order valence-electron chi connectivity index (χ3n) is 2.59. The molecule has 1 aromatic rings. The number of rotatable bonds is 4. The maximum absolute atomic E-state index is 12.0. The maximum Gasteiger partial charge on any atom is 0.326 e. The van der Waals surface area contributed by atoms with Crippen molar-refractivity contribution < 1.29 is 14.7 Å². The van der Waals surface area contributed by atoms with Crippen LogP contribution in [0.15, 0.2) is 22.7 Å². The molecule has 98 valence electrons. The molecule has 0 heterocycles. The van der Waals surface area contributed by atoms with Gasteiger partial charge < -0.3 is 10.4 Å². The van der Waals surface area contributed by atoms with Crippen molar-refractivity contribution in [3.8, 4) is 0 Å². The van der Waals surface area contributed by atoms with Crippen molar-refractivity contribution >= 4 is 27.8 Å². The second kappa shape index (κ2) is 6.00. The molecule has 0 aliphatic heterocycles. The van der Waals surface area contributed by atoms with E-state index in [4.69, 9.17) is 5.11 Å². The first-order chi connectivity index (χ1) is 8.32. The number of benzene rings is 1. The Hall–Kier alpha value is -1.36. The first-order valence-corrected chi connectivity index (χ1v) is 6.42. The molecule has 4 nitrogen and oxygen atoms in total. The summed E-state index contributed by atoms with van der Waals surface area (Å²) in [6.07, 6.45) is 0. The molecule has 0 saturated carbocycles. The standard InChI is InChI=1S/C13H16BrNO3/c1-7(2)11(13(17)18)15-12(16)9-6-8(3)4-5-10(9)14/h4-7,11H,1-3H3,(H,15,16)(H,17,18)/t11-/m0/s1. The summed E-state index contributed by atoms with van der Waals surface area (Å²) in [4.78, 5) is 23.1. The summed E-state index contributed by atoms with van der Waals surface area (Å²) < 4.78 is 0.651. The van der Waals surface area contributed by atoms with Crippen LogP contribution in [-0.2, 0) is 4.79 Å². The van der Waals surface area contributed by atoms with Crippen LogP contribution in [0.1, 0.15) is 29.8 Å². The summed E-state index contributed by atoms with van der Waals surface area (Å²) in [6.45, 7) is 5.38. The molecule has 0 saturated heterocycles. The highest BCUT2D eigenvalue weighted by Crippen LogP contribution is 2.18. The predicted octanol–water partition coefficient (Wildman–Crippen LogP) is 2.60. The van der Waals surface area contributed by atoms with E-state index < -0.39 is 12.0 Å². The van der Waals surface area contributed by atoms with E-state index in [0.717, 1.165) is 5.56 Å². The molecule has 0 unspecified atom stereocenters. The maximum atomic E-state index is 12.0. The van der Waals surface area contributed by atoms with Gasteiger partial charge in [0.1, 0.15) is 6.04 Å². The SMILES string of the molecule is Cc1ccc(Br)c(C(=O)N[C@H](C(=O)O)C(C)C)c1. The lowest BCUT2D eigenvalue weighted by molar-refractivity contribution is -0.140. The minimum atomic E-state index is -1.03. The van der Waals surface area contributed by atoms with Crippen LogP contribution in [0.5, 0.6) is 0 Å². The fourth-order valence-corrected chi connectivity index (χ4v) is 1.97. The Morgan fingerprint density at radius 3 is 2.44 bits per heavy atom. The molecule has 0 bridgehead atoms. The Balaban J connectivity index is 2.94. The molecule has 5 heteroatoms. The molecule has 18 heavy (non-hydrogen) atoms. The van der Waals surface area contributed by atoms with Crippen molar-refractivity contribution in [3.63, 3.8) is 0 Å². The second-order valence-corrected chi connectivity index (χ2v) is 5.37. The van der Waals surface area contributed by atoms with E-state index in [9.17, 15) is 9.59 Å². The molecule has 0 aliphatic carbocycles. The summed E-state index contributed by atoms with van der Waals surface area (Å²) in [5.74, 6) is -1.58. The van der Waals surface area contributed by atoms with E-state index in [1.165, 1.54) is 0 Å². The van der Waals surface area contributed by atoms with E-state index in [0.29, 0.717) is 10.0 Å². The van der Waals surface area contributed by atoms with Crippen molar-refractivity contribution in [1.29, 1.82) is 0 Å². The van der Waals surface area contributed by atoms with E-state index >= 15 is 0 Å². The number of aryl methyl sites for hydroxylation is 1. The summed E-state index contributed by atoms with van der Waals surface area (Å²) in [7, 11) is 0. The molecule has 2 N–H and O–H groups in total. The first-order valence-electron chi connectivity index (χ1n) is 5.62. The number of hydrogen-bond donors (Lipinski definition) is 2. The second-order valence-electron chi connectivity index (χ2n) is 4.52. The van der Waals surface area contributed by atoms with E-state index in [1.807, 2.05) is 13.0 Å². The zero-order valence-corrected chi connectivity index (χ0v) is 12.1. The van der Waals surface area contributed by atoms with Gasteiger partial charge in [0.2, 0.25) is 0 Å². The summed E-state index contributed by atoms with van der Waals surface area (Å²) in [6, 6.07) is 4.48. The van der Waals surface area contributed by atoms with Crippen molar-refractivity contribution in [2.45, 2.75) is 26.8 Å². The molecule has 1 amide bonds. The van der Waals surface area contributed by atoms with Gasteiger partial charge in [-0.25, -0.2) is 4.79 Å². The number of carboxylic acids is 1. The molecule has 1 atom stereocenters. The van der Waals surface area contributed by atoms with Crippen LogP contribution in [0.2, 0.25) is 0 Å². The van der Waals surface area contributed by atoms with Crippen LogP contribution in [0.3, 0.4) is 0 Å². The van der Waals surface area contributed by atoms with Gasteiger partial charge in [0, 0.05) is 4.47 Å². The van der Waals surface area contributed by atoms with Crippen LogP contribution < -0.4 is 5.32 Å². The van der Waals surface area contributed by atoms with Crippen LogP contribution in [-0.4, -0.2) is 23.0 Å². The topological polar surface area (TPSA) is 66.4 Å². The lowest BCUT2D eigenvalue weighted by Crippen LogP contribution is -2.44. The van der Waals surface area contributed by atoms with Gasteiger partial charge in [-0.1, -0.05) is 25.5 Å². The summed E-state index contributed by atoms with van der Waals surface area (Å²) >= 11 is 3.29. The van der Waals surface area contributed by atoms with Crippen LogP contribution >= 0.6 is 15.9 Å². The summed E-state index contributed by atoms with van der Waals surface area (Å²) in [5, 5.41) is 11.6. The molecular weight excluding hydrogens is 298 g/mol. The third-order valence-corrected chi connectivity index (χ3v) is 3.28. The predicted molar refractivity (Wildman–Crippen MR) is 72.6 cm³/mol. The Morgan fingerprint density at radius 1 is 1.33 bits per heavy atom. The van der Waals surface area contributed by atoms with E-state index in [1.54, 1.807) is 26.0 Å². The van der Waals surface area contributed by atoms with Gasteiger partial charge in [-0.15, -0.1) is 0 Å². The largest absolute Gasteiger partial charge is 0.480 e. The van der Waals surface area contributed by atoms with E-state index in [-0.39, 0.29) is 11.8 Å². The molecule has 0 radical (unpaired) electrons. The number of carbonyl (C=O) groups is 2. The van der Waals surface area contributed by atoms with Crippen LogP contribution in [0, 0.1) is 12.8 Å². The number of halogens is 1. The number of amides is 1. The minimum Gasteiger partial charge on any atom is -0.480 e. The molecule has 0 spiro atoms. The Labute approximate surface area is 115 Å². The zero-order valence-electron chi connectivity index (χ0n) is 10.5. The average Bonchev–Trinajstić information content (AvgIpc) is 2.28. The third kappa shape index (κ3) is 3.57. The Morgan fingerprint density at radius 2 is 1.94 bits per heavy atom. The molecule has 0 fully saturated rings. The first kappa shape index (κ1) is 14.7. The number of carboxylic acid groups (broad SMARTS) is 1.